The Kier molecular flexibility index (Phi) is 47.0. The number of ether oxygens (including phenoxy) is 4. The van der Waals surface area contributed by atoms with Gasteiger partial charge in [-0.2, -0.15) is 0 Å². The van der Waals surface area contributed by atoms with Crippen LogP contribution in [0.5, 0.6) is 0 Å². The second kappa shape index (κ2) is 50.7. The molecule has 12 unspecified atom stereocenters. The van der Waals surface area contributed by atoms with Crippen LogP contribution in [-0.2, 0) is 23.7 Å². The Balaban J connectivity index is 1.71. The molecule has 2 rings (SSSR count). The van der Waals surface area contributed by atoms with Crippen molar-refractivity contribution >= 4 is 5.91 Å². The van der Waals surface area contributed by atoms with Crippen molar-refractivity contribution in [1.82, 2.24) is 5.32 Å². The first-order valence-electron chi connectivity index (χ1n) is 32.7. The molecule has 464 valence electrons. The number of aliphatic hydroxyl groups is 8. The number of hydrogen-bond acceptors (Lipinski definition) is 13. The molecular formula is C65H121NO13. The van der Waals surface area contributed by atoms with E-state index in [-0.39, 0.29) is 12.5 Å². The summed E-state index contributed by atoms with van der Waals surface area (Å²) >= 11 is 0. The van der Waals surface area contributed by atoms with Crippen molar-refractivity contribution in [1.29, 1.82) is 0 Å². The van der Waals surface area contributed by atoms with Gasteiger partial charge in [-0.1, -0.05) is 256 Å². The van der Waals surface area contributed by atoms with Crippen molar-refractivity contribution in [2.75, 3.05) is 19.8 Å². The highest BCUT2D eigenvalue weighted by molar-refractivity contribution is 5.76. The van der Waals surface area contributed by atoms with Gasteiger partial charge in [0.05, 0.1) is 32.0 Å². The number of carbonyl (C=O) groups excluding carboxylic acids is 1. The lowest BCUT2D eigenvalue weighted by Gasteiger charge is -2.46. The molecule has 0 spiro atoms. The molecule has 0 aromatic carbocycles. The van der Waals surface area contributed by atoms with Crippen molar-refractivity contribution in [3.8, 4) is 0 Å². The van der Waals surface area contributed by atoms with Gasteiger partial charge in [0.1, 0.15) is 48.8 Å². The minimum atomic E-state index is -1.78. The highest BCUT2D eigenvalue weighted by atomic mass is 16.7. The zero-order valence-electron chi connectivity index (χ0n) is 50.1. The van der Waals surface area contributed by atoms with Crippen molar-refractivity contribution in [3.05, 3.63) is 36.5 Å². The predicted molar refractivity (Wildman–Crippen MR) is 318 cm³/mol. The number of aliphatic hydroxyl groups excluding tert-OH is 8. The van der Waals surface area contributed by atoms with Crippen LogP contribution >= 0.6 is 0 Å². The van der Waals surface area contributed by atoms with Gasteiger partial charge in [-0.15, -0.1) is 0 Å². The summed E-state index contributed by atoms with van der Waals surface area (Å²) in [6.45, 7) is 2.86. The topological polar surface area (TPSA) is 228 Å². The minimum absolute atomic E-state index is 0.216. The van der Waals surface area contributed by atoms with Gasteiger partial charge >= 0.3 is 0 Å². The molecule has 14 nitrogen and oxygen atoms in total. The number of unbranched alkanes of at least 4 members (excludes halogenated alkanes) is 34. The maximum absolute atomic E-state index is 13.3. The zero-order chi connectivity index (χ0) is 57.4. The smallest absolute Gasteiger partial charge is 0.220 e. The fraction of sp³-hybridized carbons (Fsp3) is 0.892. The summed E-state index contributed by atoms with van der Waals surface area (Å²) in [7, 11) is 0. The van der Waals surface area contributed by atoms with Gasteiger partial charge in [-0.25, -0.2) is 0 Å². The van der Waals surface area contributed by atoms with Crippen LogP contribution in [0.25, 0.3) is 0 Å². The second-order valence-electron chi connectivity index (χ2n) is 23.2. The Morgan fingerprint density at radius 3 is 1.30 bits per heavy atom. The highest BCUT2D eigenvalue weighted by Crippen LogP contribution is 2.30. The first kappa shape index (κ1) is 73.3. The van der Waals surface area contributed by atoms with Crippen LogP contribution in [0.15, 0.2) is 36.5 Å². The molecule has 2 aliphatic rings. The van der Waals surface area contributed by atoms with Gasteiger partial charge in [0.25, 0.3) is 0 Å². The number of amides is 1. The van der Waals surface area contributed by atoms with Crippen LogP contribution in [0.4, 0.5) is 0 Å². The second-order valence-corrected chi connectivity index (χ2v) is 23.2. The number of nitrogens with one attached hydrogen (secondary N) is 1. The molecule has 12 atom stereocenters. The number of carbonyl (C=O) groups is 1. The first-order valence-corrected chi connectivity index (χ1v) is 32.7. The Morgan fingerprint density at radius 2 is 0.835 bits per heavy atom. The average Bonchev–Trinajstić information content (AvgIpc) is 3.47. The van der Waals surface area contributed by atoms with Gasteiger partial charge in [-0.05, 0) is 51.4 Å². The molecule has 0 radical (unpaired) electrons. The molecule has 14 heteroatoms. The Hall–Kier alpha value is -1.79. The fourth-order valence-electron chi connectivity index (χ4n) is 10.8. The normalized spacial score (nSPS) is 24.6. The van der Waals surface area contributed by atoms with Gasteiger partial charge < -0.3 is 65.1 Å². The van der Waals surface area contributed by atoms with E-state index in [9.17, 15) is 45.6 Å². The van der Waals surface area contributed by atoms with Gasteiger partial charge in [0.2, 0.25) is 5.91 Å². The van der Waals surface area contributed by atoms with Crippen molar-refractivity contribution in [2.24, 2.45) is 0 Å². The van der Waals surface area contributed by atoms with Crippen LogP contribution < -0.4 is 5.32 Å². The van der Waals surface area contributed by atoms with E-state index in [4.69, 9.17) is 18.9 Å². The maximum atomic E-state index is 13.3. The van der Waals surface area contributed by atoms with E-state index in [2.05, 4.69) is 55.6 Å². The van der Waals surface area contributed by atoms with Crippen molar-refractivity contribution < 1.29 is 64.6 Å². The number of allylic oxidation sites excluding steroid dienone is 6. The summed E-state index contributed by atoms with van der Waals surface area (Å²) < 4.78 is 22.9. The van der Waals surface area contributed by atoms with Crippen LogP contribution in [0.3, 0.4) is 0 Å². The third-order valence-electron chi connectivity index (χ3n) is 16.1. The molecule has 9 N–H and O–H groups in total. The molecule has 0 saturated carbocycles. The van der Waals surface area contributed by atoms with Gasteiger partial charge in [0, 0.05) is 6.42 Å². The third-order valence-corrected chi connectivity index (χ3v) is 16.1. The number of rotatable bonds is 53. The predicted octanol–water partition coefficient (Wildman–Crippen LogP) is 12.2. The molecule has 1 amide bonds. The monoisotopic (exact) mass is 1120 g/mol. The maximum Gasteiger partial charge on any atom is 0.220 e. The lowest BCUT2D eigenvalue weighted by molar-refractivity contribution is -0.359. The van der Waals surface area contributed by atoms with Crippen LogP contribution in [0.1, 0.15) is 277 Å². The minimum Gasteiger partial charge on any atom is -0.394 e. The molecule has 2 saturated heterocycles. The van der Waals surface area contributed by atoms with Crippen molar-refractivity contribution in [3.63, 3.8) is 0 Å². The van der Waals surface area contributed by atoms with E-state index >= 15 is 0 Å². The molecule has 2 aliphatic heterocycles. The van der Waals surface area contributed by atoms with E-state index in [1.807, 2.05) is 0 Å². The molecule has 0 aliphatic carbocycles. The first-order chi connectivity index (χ1) is 38.6. The van der Waals surface area contributed by atoms with Crippen LogP contribution in [-0.4, -0.2) is 140 Å². The van der Waals surface area contributed by atoms with Crippen LogP contribution in [0.2, 0.25) is 0 Å². The highest BCUT2D eigenvalue weighted by Gasteiger charge is 2.51. The molecule has 2 fully saturated rings. The fourth-order valence-corrected chi connectivity index (χ4v) is 10.8. The van der Waals surface area contributed by atoms with Gasteiger partial charge in [0.15, 0.2) is 12.6 Å². The molecule has 79 heavy (non-hydrogen) atoms. The summed E-state index contributed by atoms with van der Waals surface area (Å²) in [5.41, 5.74) is 0. The Labute approximate surface area is 481 Å². The van der Waals surface area contributed by atoms with Gasteiger partial charge in [-0.3, -0.25) is 4.79 Å². The molecular weight excluding hydrogens is 1000 g/mol. The lowest BCUT2D eigenvalue weighted by Crippen LogP contribution is -2.65. The van der Waals surface area contributed by atoms with E-state index in [0.29, 0.717) is 19.3 Å². The molecule has 2 heterocycles. The standard InChI is InChI=1S/C65H121NO13/c1-3-5-7-9-11-13-15-17-19-21-23-24-25-26-27-28-29-31-32-34-36-38-40-42-44-46-48-54(69)53(66-57(70)49-47-45-43-41-39-37-35-33-30-22-20-18-16-14-12-10-8-6-4-2)52-76-64-62(75)60(73)63(56(51-68)78-64)79-65-61(74)59(72)58(71)55(50-67)77-65/h12,14,18,20,30,33,53-56,58-65,67-69,71-75H,3-11,13,15-17,19,21-29,31-32,34-52H2,1-2H3,(H,66,70)/b14-12-,20-18-,33-30-. The van der Waals surface area contributed by atoms with E-state index in [1.54, 1.807) is 0 Å². The Morgan fingerprint density at radius 1 is 0.456 bits per heavy atom. The van der Waals surface area contributed by atoms with E-state index in [0.717, 1.165) is 77.0 Å². The summed E-state index contributed by atoms with van der Waals surface area (Å²) in [4.78, 5) is 13.3. The largest absolute Gasteiger partial charge is 0.394 e. The summed E-state index contributed by atoms with van der Waals surface area (Å²) in [6, 6.07) is -0.837. The average molecular weight is 1120 g/mol. The summed E-state index contributed by atoms with van der Waals surface area (Å²) in [5, 5.41) is 87.4. The van der Waals surface area contributed by atoms with E-state index < -0.39 is 86.8 Å². The summed E-state index contributed by atoms with van der Waals surface area (Å²) in [5.74, 6) is -0.216. The SMILES string of the molecule is CCCCC/C=C\C/C=C\C/C=C\CCCCCCCCC(=O)NC(COC1OC(CO)C(OC2OC(CO)C(O)C(O)C2O)C(O)C1O)C(O)CCCCCCCCCCCCCCCCCCCCCCCCCCCC. The lowest BCUT2D eigenvalue weighted by atomic mass is 9.97. The molecule has 0 bridgehead atoms. The Bertz CT molecular complexity index is 1460. The molecule has 0 aromatic heterocycles. The number of hydrogen-bond donors (Lipinski definition) is 9. The third kappa shape index (κ3) is 35.8. The van der Waals surface area contributed by atoms with Crippen molar-refractivity contribution in [2.45, 2.75) is 351 Å². The summed E-state index contributed by atoms with van der Waals surface area (Å²) in [6.07, 6.45) is 45.7. The quantitative estimate of drug-likeness (QED) is 0.0204. The zero-order valence-corrected chi connectivity index (χ0v) is 50.1. The van der Waals surface area contributed by atoms with E-state index in [1.165, 1.54) is 167 Å². The van der Waals surface area contributed by atoms with Crippen LogP contribution in [0, 0.1) is 0 Å². The molecule has 0 aromatic rings.